The van der Waals surface area contributed by atoms with Gasteiger partial charge < -0.3 is 10.4 Å². The molecule has 0 unspecified atom stereocenters. The molecule has 0 aliphatic carbocycles. The van der Waals surface area contributed by atoms with Gasteiger partial charge in [-0.3, -0.25) is 0 Å². The molecule has 5 nitrogen and oxygen atoms in total. The van der Waals surface area contributed by atoms with Crippen LogP contribution >= 0.6 is 11.6 Å². The minimum Gasteiger partial charge on any atom is -0.477 e. The van der Waals surface area contributed by atoms with Gasteiger partial charge in [0.05, 0.1) is 6.54 Å². The summed E-state index contributed by atoms with van der Waals surface area (Å²) in [6, 6.07) is 1.39. The average molecular weight is 228 g/mol. The molecular formula is C9H10ClN3O2. The molecule has 80 valence electrons. The maximum Gasteiger partial charge on any atom is 0.354 e. The second-order valence-electron chi connectivity index (χ2n) is 2.89. The van der Waals surface area contributed by atoms with E-state index in [1.807, 2.05) is 0 Å². The van der Waals surface area contributed by atoms with Crippen LogP contribution in [-0.2, 0) is 0 Å². The SMILES string of the molecule is C=C(Cl)CNc1nc(C)cc(C(=O)O)n1. The maximum atomic E-state index is 10.7. The summed E-state index contributed by atoms with van der Waals surface area (Å²) in [6.45, 7) is 5.47. The third-order valence-corrected chi connectivity index (χ3v) is 1.65. The molecule has 1 aromatic rings. The van der Waals surface area contributed by atoms with Crippen LogP contribution in [0.2, 0.25) is 0 Å². The molecule has 1 heterocycles. The quantitative estimate of drug-likeness (QED) is 0.818. The van der Waals surface area contributed by atoms with Gasteiger partial charge in [0.25, 0.3) is 0 Å². The van der Waals surface area contributed by atoms with Crippen LogP contribution in [0.3, 0.4) is 0 Å². The molecule has 0 aliphatic rings. The normalized spacial score (nSPS) is 9.73. The number of carboxylic acid groups (broad SMARTS) is 1. The van der Waals surface area contributed by atoms with Crippen molar-refractivity contribution < 1.29 is 9.90 Å². The van der Waals surface area contributed by atoms with E-state index in [2.05, 4.69) is 21.9 Å². The Kier molecular flexibility index (Phi) is 3.62. The lowest BCUT2D eigenvalue weighted by molar-refractivity contribution is 0.0690. The lowest BCUT2D eigenvalue weighted by Crippen LogP contribution is -2.10. The van der Waals surface area contributed by atoms with E-state index >= 15 is 0 Å². The number of anilines is 1. The standard InChI is InChI=1S/C9H10ClN3O2/c1-5(10)4-11-9-12-6(2)3-7(13-9)8(14)15/h3H,1,4H2,2H3,(H,14,15)(H,11,12,13). The van der Waals surface area contributed by atoms with Crippen molar-refractivity contribution in [3.63, 3.8) is 0 Å². The third kappa shape index (κ3) is 3.55. The molecular weight excluding hydrogens is 218 g/mol. The first-order valence-corrected chi connectivity index (χ1v) is 4.53. The van der Waals surface area contributed by atoms with Crippen LogP contribution in [0.15, 0.2) is 17.7 Å². The molecule has 0 atom stereocenters. The van der Waals surface area contributed by atoms with Crippen LogP contribution in [0.25, 0.3) is 0 Å². The molecule has 0 saturated heterocycles. The van der Waals surface area contributed by atoms with Crippen molar-refractivity contribution in [2.75, 3.05) is 11.9 Å². The van der Waals surface area contributed by atoms with Gasteiger partial charge >= 0.3 is 5.97 Å². The van der Waals surface area contributed by atoms with Gasteiger partial charge in [-0.25, -0.2) is 14.8 Å². The molecule has 0 spiro atoms. The first kappa shape index (κ1) is 11.5. The molecule has 0 radical (unpaired) electrons. The highest BCUT2D eigenvalue weighted by atomic mass is 35.5. The van der Waals surface area contributed by atoms with Gasteiger partial charge in [-0.2, -0.15) is 0 Å². The Labute approximate surface area is 91.8 Å². The number of carbonyl (C=O) groups is 1. The van der Waals surface area contributed by atoms with Crippen LogP contribution in [0.1, 0.15) is 16.2 Å². The monoisotopic (exact) mass is 227 g/mol. The second kappa shape index (κ2) is 4.75. The lowest BCUT2D eigenvalue weighted by atomic mass is 10.3. The number of aromatic nitrogens is 2. The smallest absolute Gasteiger partial charge is 0.354 e. The van der Waals surface area contributed by atoms with Gasteiger partial charge in [0.1, 0.15) is 0 Å². The van der Waals surface area contributed by atoms with E-state index in [4.69, 9.17) is 16.7 Å². The first-order valence-electron chi connectivity index (χ1n) is 4.15. The number of rotatable bonds is 4. The topological polar surface area (TPSA) is 75.1 Å². The highest BCUT2D eigenvalue weighted by molar-refractivity contribution is 6.29. The highest BCUT2D eigenvalue weighted by Gasteiger charge is 2.08. The van der Waals surface area contributed by atoms with Crippen LogP contribution in [-0.4, -0.2) is 27.6 Å². The van der Waals surface area contributed by atoms with Crippen molar-refractivity contribution in [2.45, 2.75) is 6.92 Å². The zero-order valence-corrected chi connectivity index (χ0v) is 8.88. The van der Waals surface area contributed by atoms with Gasteiger partial charge in [-0.15, -0.1) is 0 Å². The highest BCUT2D eigenvalue weighted by Crippen LogP contribution is 2.06. The van der Waals surface area contributed by atoms with Crippen molar-refractivity contribution >= 4 is 23.5 Å². The molecule has 2 N–H and O–H groups in total. The van der Waals surface area contributed by atoms with Crippen LogP contribution in [0.4, 0.5) is 5.95 Å². The number of halogens is 1. The number of carboxylic acids is 1. The third-order valence-electron chi connectivity index (χ3n) is 1.51. The number of aromatic carboxylic acids is 1. The number of nitrogens with zero attached hydrogens (tertiary/aromatic N) is 2. The van der Waals surface area contributed by atoms with E-state index in [1.165, 1.54) is 6.07 Å². The summed E-state index contributed by atoms with van der Waals surface area (Å²) in [4.78, 5) is 18.5. The van der Waals surface area contributed by atoms with E-state index in [0.29, 0.717) is 17.3 Å². The zero-order valence-electron chi connectivity index (χ0n) is 8.12. The molecule has 1 aromatic heterocycles. The summed E-state index contributed by atoms with van der Waals surface area (Å²) in [6.07, 6.45) is 0. The summed E-state index contributed by atoms with van der Waals surface area (Å²) in [5, 5.41) is 11.9. The van der Waals surface area contributed by atoms with E-state index < -0.39 is 5.97 Å². The molecule has 0 bridgehead atoms. The van der Waals surface area contributed by atoms with E-state index in [-0.39, 0.29) is 11.6 Å². The zero-order chi connectivity index (χ0) is 11.4. The van der Waals surface area contributed by atoms with E-state index in [0.717, 1.165) is 0 Å². The Morgan fingerprint density at radius 1 is 1.67 bits per heavy atom. The predicted octanol–water partition coefficient (Wildman–Crippen LogP) is 1.65. The fourth-order valence-corrected chi connectivity index (χ4v) is 0.999. The Hall–Kier alpha value is -1.62. The lowest BCUT2D eigenvalue weighted by Gasteiger charge is -2.04. The minimum atomic E-state index is -1.09. The van der Waals surface area contributed by atoms with Gasteiger partial charge in [0, 0.05) is 10.7 Å². The number of aryl methyl sites for hydroxylation is 1. The van der Waals surface area contributed by atoms with Crippen LogP contribution in [0.5, 0.6) is 0 Å². The van der Waals surface area contributed by atoms with Gasteiger partial charge in [-0.05, 0) is 13.0 Å². The predicted molar refractivity (Wildman–Crippen MR) is 57.2 cm³/mol. The first-order chi connectivity index (χ1) is 6.99. The average Bonchev–Trinajstić information content (AvgIpc) is 2.13. The molecule has 0 aromatic carbocycles. The van der Waals surface area contributed by atoms with Crippen molar-refractivity contribution in [3.8, 4) is 0 Å². The van der Waals surface area contributed by atoms with Crippen molar-refractivity contribution in [1.82, 2.24) is 9.97 Å². The molecule has 15 heavy (non-hydrogen) atoms. The van der Waals surface area contributed by atoms with Crippen LogP contribution in [0, 0.1) is 6.92 Å². The van der Waals surface area contributed by atoms with Gasteiger partial charge in [-0.1, -0.05) is 18.2 Å². The molecule has 0 aliphatic heterocycles. The molecule has 0 fully saturated rings. The fourth-order valence-electron chi connectivity index (χ4n) is 0.932. The Balaban J connectivity index is 2.88. The molecule has 1 rings (SSSR count). The summed E-state index contributed by atoms with van der Waals surface area (Å²) in [7, 11) is 0. The summed E-state index contributed by atoms with van der Waals surface area (Å²) >= 11 is 5.54. The molecule has 0 amide bonds. The number of hydrogen-bond acceptors (Lipinski definition) is 4. The maximum absolute atomic E-state index is 10.7. The Morgan fingerprint density at radius 3 is 2.87 bits per heavy atom. The minimum absolute atomic E-state index is 0.0508. The summed E-state index contributed by atoms with van der Waals surface area (Å²) < 4.78 is 0. The summed E-state index contributed by atoms with van der Waals surface area (Å²) in [5.74, 6) is -0.859. The Morgan fingerprint density at radius 2 is 2.33 bits per heavy atom. The van der Waals surface area contributed by atoms with Crippen molar-refractivity contribution in [3.05, 3.63) is 29.1 Å². The number of nitrogens with one attached hydrogen (secondary N) is 1. The summed E-state index contributed by atoms with van der Waals surface area (Å²) in [5.41, 5.74) is 0.523. The van der Waals surface area contributed by atoms with Gasteiger partial charge in [0.15, 0.2) is 5.69 Å². The van der Waals surface area contributed by atoms with Crippen molar-refractivity contribution in [2.24, 2.45) is 0 Å². The van der Waals surface area contributed by atoms with Crippen LogP contribution < -0.4 is 5.32 Å². The van der Waals surface area contributed by atoms with Crippen molar-refractivity contribution in [1.29, 1.82) is 0 Å². The Bertz CT molecular complexity index is 406. The van der Waals surface area contributed by atoms with E-state index in [1.54, 1.807) is 6.92 Å². The number of hydrogen-bond donors (Lipinski definition) is 2. The van der Waals surface area contributed by atoms with Gasteiger partial charge in [0.2, 0.25) is 5.95 Å². The largest absolute Gasteiger partial charge is 0.477 e. The second-order valence-corrected chi connectivity index (χ2v) is 3.43. The fraction of sp³-hybridized carbons (Fsp3) is 0.222. The molecule has 0 saturated carbocycles. The van der Waals surface area contributed by atoms with E-state index in [9.17, 15) is 4.79 Å². The molecule has 6 heteroatoms.